The molecule has 0 saturated carbocycles. The predicted molar refractivity (Wildman–Crippen MR) is 192 cm³/mol. The number of rotatable bonds is 2. The quantitative estimate of drug-likeness (QED) is 0.129. The zero-order valence-corrected chi connectivity index (χ0v) is 28.9. The smallest absolute Gasteiger partial charge is 0.503 e. The van der Waals surface area contributed by atoms with Crippen molar-refractivity contribution in [3.05, 3.63) is 133 Å². The molecular formula is C41H24N4OPtS. The molecule has 11 rings (SSSR count). The Bertz CT molecular complexity index is 2990. The number of pyridine rings is 2. The summed E-state index contributed by atoms with van der Waals surface area (Å²) in [6.45, 7) is 4.56. The van der Waals surface area contributed by atoms with Crippen molar-refractivity contribution in [2.24, 2.45) is 0 Å². The van der Waals surface area contributed by atoms with Gasteiger partial charge in [0.25, 0.3) is 0 Å². The van der Waals surface area contributed by atoms with Crippen LogP contribution < -0.4 is 4.74 Å². The summed E-state index contributed by atoms with van der Waals surface area (Å²) in [5, 5.41) is 8.08. The van der Waals surface area contributed by atoms with Gasteiger partial charge in [0.05, 0.1) is 5.65 Å². The first kappa shape index (κ1) is 28.0. The molecule has 0 fully saturated rings. The first-order chi connectivity index (χ1) is 23.0. The van der Waals surface area contributed by atoms with Gasteiger partial charge in [-0.05, 0) is 40.6 Å². The molecule has 0 spiro atoms. The molecule has 0 aliphatic carbocycles. The zero-order chi connectivity index (χ0) is 31.0. The topological polar surface area (TPSA) is 44.4 Å². The number of imidazole rings is 1. The van der Waals surface area contributed by atoms with Crippen molar-refractivity contribution < 1.29 is 25.8 Å². The standard InChI is InChI=1S/C41H24N4OS.Pt/c1-41(2)32-9-5-8-28-26-15-13-24(20-35(26)45(38(28)32)40-33(41)10-6-16-42-40)46-23-12-14-25-29-22-37-30(27-7-3-4-11-36(27)47-37)21-34(29)44-18-17-43-39(44)31(25)19-23;/h3-18,21-22H,1-2H3;/q-2;+2. The largest absolute Gasteiger partial charge is 2.00 e. The van der Waals surface area contributed by atoms with E-state index in [0.717, 1.165) is 38.7 Å². The fraction of sp³-hybridized carbons (Fsp3) is 0.0732. The van der Waals surface area contributed by atoms with E-state index in [9.17, 15) is 0 Å². The van der Waals surface area contributed by atoms with Gasteiger partial charge in [0, 0.05) is 72.3 Å². The van der Waals surface area contributed by atoms with E-state index in [1.807, 2.05) is 48.1 Å². The third kappa shape index (κ3) is 3.59. The normalized spacial score (nSPS) is 13.6. The maximum Gasteiger partial charge on any atom is 2.00 e. The van der Waals surface area contributed by atoms with Crippen LogP contribution in [0.5, 0.6) is 11.5 Å². The Morgan fingerprint density at radius 3 is 2.42 bits per heavy atom. The van der Waals surface area contributed by atoms with E-state index in [1.165, 1.54) is 47.6 Å². The van der Waals surface area contributed by atoms with Crippen LogP contribution in [-0.4, -0.2) is 18.9 Å². The second kappa shape index (κ2) is 9.76. The van der Waals surface area contributed by atoms with Gasteiger partial charge in [0.1, 0.15) is 5.82 Å². The van der Waals surface area contributed by atoms with Crippen molar-refractivity contribution in [1.82, 2.24) is 18.9 Å². The minimum absolute atomic E-state index is 0. The molecule has 6 heterocycles. The minimum atomic E-state index is -0.169. The summed E-state index contributed by atoms with van der Waals surface area (Å²) in [6, 6.07) is 39.5. The number of nitrogens with zero attached hydrogens (tertiary/aromatic N) is 4. The molecule has 0 unspecified atom stereocenters. The Balaban J connectivity index is 0.00000295. The molecule has 1 aliphatic rings. The Kier molecular flexibility index (Phi) is 5.70. The van der Waals surface area contributed by atoms with Gasteiger partial charge in [0.15, 0.2) is 0 Å². The van der Waals surface area contributed by atoms with Gasteiger partial charge in [0.2, 0.25) is 0 Å². The summed E-state index contributed by atoms with van der Waals surface area (Å²) in [4.78, 5) is 9.65. The van der Waals surface area contributed by atoms with Crippen LogP contribution in [0, 0.1) is 12.1 Å². The first-order valence-electron chi connectivity index (χ1n) is 15.7. The molecule has 0 bridgehead atoms. The van der Waals surface area contributed by atoms with Crippen molar-refractivity contribution in [2.75, 3.05) is 0 Å². The summed E-state index contributed by atoms with van der Waals surface area (Å²) in [5.41, 5.74) is 6.45. The molecule has 0 amide bonds. The Morgan fingerprint density at radius 1 is 0.688 bits per heavy atom. The molecule has 5 aromatic carbocycles. The van der Waals surface area contributed by atoms with Gasteiger partial charge in [-0.2, -0.15) is 6.07 Å². The minimum Gasteiger partial charge on any atom is -0.503 e. The predicted octanol–water partition coefficient (Wildman–Crippen LogP) is 10.5. The van der Waals surface area contributed by atoms with Crippen molar-refractivity contribution in [1.29, 1.82) is 0 Å². The molecular weight excluding hydrogens is 792 g/mol. The van der Waals surface area contributed by atoms with Gasteiger partial charge in [-0.1, -0.05) is 78.7 Å². The van der Waals surface area contributed by atoms with E-state index in [2.05, 4.69) is 108 Å². The van der Waals surface area contributed by atoms with E-state index in [0.29, 0.717) is 11.5 Å². The molecule has 5 nitrogen and oxygen atoms in total. The summed E-state index contributed by atoms with van der Waals surface area (Å²) in [7, 11) is 0. The Labute approximate surface area is 293 Å². The van der Waals surface area contributed by atoms with E-state index < -0.39 is 0 Å². The van der Waals surface area contributed by atoms with E-state index in [4.69, 9.17) is 14.7 Å². The summed E-state index contributed by atoms with van der Waals surface area (Å²) in [6.07, 6.45) is 5.76. The molecule has 7 heteroatoms. The number of ether oxygens (including phenoxy) is 1. The average molecular weight is 816 g/mol. The number of hydrogen-bond donors (Lipinski definition) is 0. The van der Waals surface area contributed by atoms with Crippen LogP contribution in [0.4, 0.5) is 0 Å². The van der Waals surface area contributed by atoms with Crippen LogP contribution in [0.3, 0.4) is 0 Å². The summed E-state index contributed by atoms with van der Waals surface area (Å²) in [5.74, 6) is 2.20. The first-order valence-corrected chi connectivity index (χ1v) is 16.6. The van der Waals surface area contributed by atoms with E-state index in [1.54, 1.807) is 0 Å². The van der Waals surface area contributed by atoms with Crippen LogP contribution in [0.15, 0.2) is 110 Å². The number of para-hydroxylation sites is 1. The average Bonchev–Trinajstić information content (AvgIpc) is 3.81. The number of thiophene rings is 1. The molecule has 0 N–H and O–H groups in total. The Morgan fingerprint density at radius 2 is 1.50 bits per heavy atom. The molecule has 0 radical (unpaired) electrons. The second-order valence-electron chi connectivity index (χ2n) is 12.9. The van der Waals surface area contributed by atoms with Crippen LogP contribution in [0.25, 0.3) is 75.1 Å². The SMILES string of the molecule is CC1(C)c2cccnc2-n2c3[c-]c(Oc4[c-]c5c(cc4)c4cc6sc7ccccc7c6cc4n4ccnc54)ccc3c3cccc1c32.[Pt+2]. The van der Waals surface area contributed by atoms with Gasteiger partial charge in [-0.15, -0.1) is 41.0 Å². The molecule has 10 aromatic rings. The Hall–Kier alpha value is -5.03. The maximum absolute atomic E-state index is 6.54. The van der Waals surface area contributed by atoms with Crippen molar-refractivity contribution in [2.45, 2.75) is 19.3 Å². The fourth-order valence-corrected chi connectivity index (χ4v) is 8.99. The van der Waals surface area contributed by atoms with Crippen molar-refractivity contribution >= 4 is 80.6 Å². The van der Waals surface area contributed by atoms with Crippen LogP contribution in [0.2, 0.25) is 0 Å². The monoisotopic (exact) mass is 815 g/mol. The van der Waals surface area contributed by atoms with Crippen LogP contribution in [-0.2, 0) is 26.5 Å². The molecule has 230 valence electrons. The molecule has 0 saturated heterocycles. The van der Waals surface area contributed by atoms with Gasteiger partial charge in [-0.25, -0.2) is 4.98 Å². The van der Waals surface area contributed by atoms with E-state index >= 15 is 0 Å². The van der Waals surface area contributed by atoms with Gasteiger partial charge < -0.3 is 13.7 Å². The molecule has 5 aromatic heterocycles. The zero-order valence-electron chi connectivity index (χ0n) is 25.8. The molecule has 1 aliphatic heterocycles. The number of fused-ring (bicyclic) bond motifs is 14. The maximum atomic E-state index is 6.54. The summed E-state index contributed by atoms with van der Waals surface area (Å²) >= 11 is 1.83. The number of hydrogen-bond acceptors (Lipinski definition) is 4. The third-order valence-electron chi connectivity index (χ3n) is 10.1. The fourth-order valence-electron chi connectivity index (χ4n) is 7.87. The van der Waals surface area contributed by atoms with E-state index in [-0.39, 0.29) is 26.5 Å². The van der Waals surface area contributed by atoms with Crippen molar-refractivity contribution in [3.8, 4) is 17.3 Å². The van der Waals surface area contributed by atoms with Crippen LogP contribution >= 0.6 is 11.3 Å². The third-order valence-corrected chi connectivity index (χ3v) is 11.2. The summed E-state index contributed by atoms with van der Waals surface area (Å²) < 4.78 is 13.5. The number of benzene rings is 5. The molecule has 48 heavy (non-hydrogen) atoms. The van der Waals surface area contributed by atoms with Crippen molar-refractivity contribution in [3.63, 3.8) is 0 Å². The number of aromatic nitrogens is 4. The second-order valence-corrected chi connectivity index (χ2v) is 14.0. The van der Waals surface area contributed by atoms with Gasteiger partial charge in [-0.3, -0.25) is 4.98 Å². The molecule has 0 atom stereocenters. The van der Waals surface area contributed by atoms with Gasteiger partial charge >= 0.3 is 21.1 Å². The van der Waals surface area contributed by atoms with Crippen LogP contribution in [0.1, 0.15) is 25.0 Å².